The van der Waals surface area contributed by atoms with Crippen molar-refractivity contribution in [3.05, 3.63) is 88.5 Å². The van der Waals surface area contributed by atoms with Crippen molar-refractivity contribution in [2.24, 2.45) is 0 Å². The number of carbonyl (C=O) groups excluding carboxylic acids is 1. The van der Waals surface area contributed by atoms with E-state index in [4.69, 9.17) is 9.15 Å². The van der Waals surface area contributed by atoms with Gasteiger partial charge in [0, 0.05) is 30.1 Å². The van der Waals surface area contributed by atoms with Gasteiger partial charge in [-0.15, -0.1) is 0 Å². The Morgan fingerprint density at radius 3 is 2.42 bits per heavy atom. The maximum absolute atomic E-state index is 12.9. The van der Waals surface area contributed by atoms with Gasteiger partial charge in [-0.1, -0.05) is 30.3 Å². The zero-order valence-electron chi connectivity index (χ0n) is 21.0. The number of rotatable bonds is 3. The van der Waals surface area contributed by atoms with E-state index in [1.165, 1.54) is 10.6 Å². The number of aryl methyl sites for hydroxylation is 2. The quantitative estimate of drug-likeness (QED) is 0.377. The van der Waals surface area contributed by atoms with Gasteiger partial charge in [0.05, 0.1) is 11.2 Å². The summed E-state index contributed by atoms with van der Waals surface area (Å²) in [6.07, 6.45) is 2.15. The first-order valence-corrected chi connectivity index (χ1v) is 13.6. The smallest absolute Gasteiger partial charge is 0.439 e. The Bertz CT molecular complexity index is 1640. The third-order valence-electron chi connectivity index (χ3n) is 6.64. The van der Waals surface area contributed by atoms with Crippen LogP contribution in [0.5, 0.6) is 0 Å². The normalized spacial score (nSPS) is 16.5. The number of piperidine rings is 1. The minimum Gasteiger partial charge on any atom is -0.465 e. The van der Waals surface area contributed by atoms with Gasteiger partial charge in [0.25, 0.3) is 0 Å². The van der Waals surface area contributed by atoms with Crippen LogP contribution in [-0.2, 0) is 21.4 Å². The van der Waals surface area contributed by atoms with Crippen LogP contribution < -0.4 is 10.7 Å². The molecule has 10 nitrogen and oxygen atoms in total. The number of cyclic esters (lactones) is 1. The largest absolute Gasteiger partial charge is 0.465 e. The summed E-state index contributed by atoms with van der Waals surface area (Å²) in [5, 5.41) is 0.840. The van der Waals surface area contributed by atoms with Crippen LogP contribution in [0.2, 0.25) is 0 Å². The highest BCUT2D eigenvalue weighted by Crippen LogP contribution is 2.33. The van der Waals surface area contributed by atoms with Crippen LogP contribution in [0.4, 0.5) is 10.5 Å². The molecule has 6 rings (SSSR count). The molecule has 1 saturated heterocycles. The second-order valence-corrected chi connectivity index (χ2v) is 11.0. The number of hydrogen-bond donors (Lipinski definition) is 0. The van der Waals surface area contributed by atoms with Crippen LogP contribution in [0.1, 0.15) is 29.9 Å². The van der Waals surface area contributed by atoms with E-state index in [-0.39, 0.29) is 23.6 Å². The molecule has 4 aromatic rings. The molecule has 4 heterocycles. The molecule has 0 N–H and O–H groups in total. The van der Waals surface area contributed by atoms with Gasteiger partial charge >= 0.3 is 11.8 Å². The number of amides is 1. The van der Waals surface area contributed by atoms with Gasteiger partial charge < -0.3 is 13.6 Å². The molecule has 0 bridgehead atoms. The van der Waals surface area contributed by atoms with Gasteiger partial charge in [0.1, 0.15) is 29.3 Å². The molecule has 11 heteroatoms. The zero-order valence-corrected chi connectivity index (χ0v) is 21.8. The molecule has 0 radical (unpaired) electrons. The number of hydrogen-bond acceptors (Lipinski definition) is 8. The topological polar surface area (TPSA) is 123 Å². The Hall–Kier alpha value is -3.96. The Balaban J connectivity index is 0.000000222. The van der Waals surface area contributed by atoms with Crippen molar-refractivity contribution in [1.82, 2.24) is 9.29 Å². The molecule has 0 spiro atoms. The summed E-state index contributed by atoms with van der Waals surface area (Å²) >= 11 is 0. The summed E-state index contributed by atoms with van der Waals surface area (Å²) in [5.41, 5.74) is 2.50. The van der Waals surface area contributed by atoms with Crippen molar-refractivity contribution in [1.29, 1.82) is 0 Å². The molecule has 0 saturated carbocycles. The lowest BCUT2D eigenvalue weighted by atomic mass is 10.0. The van der Waals surface area contributed by atoms with E-state index in [0.29, 0.717) is 43.0 Å². The highest BCUT2D eigenvalue weighted by Gasteiger charge is 2.37. The first kappa shape index (κ1) is 25.7. The Kier molecular flexibility index (Phi) is 7.04. The van der Waals surface area contributed by atoms with E-state index in [0.717, 1.165) is 16.6 Å². The van der Waals surface area contributed by atoms with E-state index in [1.54, 1.807) is 30.9 Å². The molecule has 2 aliphatic rings. The van der Waals surface area contributed by atoms with E-state index >= 15 is 0 Å². The minimum absolute atomic E-state index is 0.0856. The lowest BCUT2D eigenvalue weighted by Gasteiger charge is -2.39. The average Bonchev–Trinajstić information content (AvgIpc) is 3.27. The van der Waals surface area contributed by atoms with Gasteiger partial charge in [0.15, 0.2) is 0 Å². The number of fused-ring (bicyclic) bond motifs is 2. The number of para-hydroxylation sites is 2. The highest BCUT2D eigenvalue weighted by molar-refractivity contribution is 7.89. The minimum atomic E-state index is -3.60. The summed E-state index contributed by atoms with van der Waals surface area (Å²) in [6.45, 7) is 4.37. The van der Waals surface area contributed by atoms with Crippen LogP contribution in [0.25, 0.3) is 10.9 Å². The monoisotopic (exact) mass is 537 g/mol. The number of benzene rings is 2. The van der Waals surface area contributed by atoms with Crippen molar-refractivity contribution in [3.63, 3.8) is 0 Å². The van der Waals surface area contributed by atoms with Gasteiger partial charge in [0.2, 0.25) is 10.0 Å². The number of aromatic nitrogens is 1. The third kappa shape index (κ3) is 5.07. The fraction of sp³-hybridized carbons (Fsp3) is 0.296. The Morgan fingerprint density at radius 1 is 0.974 bits per heavy atom. The molecule has 1 amide bonds. The summed E-state index contributed by atoms with van der Waals surface area (Å²) in [6, 6.07) is 16.5. The van der Waals surface area contributed by atoms with E-state index in [9.17, 15) is 18.0 Å². The van der Waals surface area contributed by atoms with Crippen molar-refractivity contribution in [3.8, 4) is 0 Å². The van der Waals surface area contributed by atoms with Crippen molar-refractivity contribution in [2.45, 2.75) is 44.2 Å². The SMILES string of the molecule is Cc1cc(S(=O)(=O)N2CCC(N3C(=O)OCc4ccccc43)CC2)c(C)o1.O=c1nc2ccccc2co1. The number of carbonyl (C=O) groups is 1. The van der Waals surface area contributed by atoms with Crippen LogP contribution in [0, 0.1) is 13.8 Å². The highest BCUT2D eigenvalue weighted by atomic mass is 32.2. The number of nitrogens with zero attached hydrogens (tertiary/aromatic N) is 3. The summed E-state index contributed by atoms with van der Waals surface area (Å²) in [5.74, 6) is 0.431. The van der Waals surface area contributed by atoms with E-state index < -0.39 is 15.8 Å². The molecule has 0 unspecified atom stereocenters. The number of ether oxygens (including phenoxy) is 1. The maximum Gasteiger partial charge on any atom is 0.439 e. The standard InChI is InChI=1S/C19H22N2O5S.C8H5NO2/c1-13-11-18(14(2)26-13)27(23,24)20-9-7-16(8-10-20)21-17-6-4-3-5-15(17)12-25-19(21)22;10-8-9-7-4-2-1-3-6(7)5-11-8/h3-6,11,16H,7-10,12H2,1-2H3;1-5H. The lowest BCUT2D eigenvalue weighted by Crippen LogP contribution is -2.50. The first-order chi connectivity index (χ1) is 18.2. The Morgan fingerprint density at radius 2 is 1.68 bits per heavy atom. The summed E-state index contributed by atoms with van der Waals surface area (Å²) < 4.78 is 42.6. The van der Waals surface area contributed by atoms with E-state index in [2.05, 4.69) is 9.40 Å². The van der Waals surface area contributed by atoms with Gasteiger partial charge in [-0.3, -0.25) is 4.90 Å². The van der Waals surface area contributed by atoms with Crippen molar-refractivity contribution >= 4 is 32.7 Å². The molecule has 2 aliphatic heterocycles. The molecular weight excluding hydrogens is 510 g/mol. The molecule has 0 aliphatic carbocycles. The van der Waals surface area contributed by atoms with Gasteiger partial charge in [-0.2, -0.15) is 9.29 Å². The average molecular weight is 538 g/mol. The first-order valence-electron chi connectivity index (χ1n) is 12.2. The van der Waals surface area contributed by atoms with E-state index in [1.807, 2.05) is 42.5 Å². The van der Waals surface area contributed by atoms with Crippen LogP contribution >= 0.6 is 0 Å². The van der Waals surface area contributed by atoms with Crippen molar-refractivity contribution < 1.29 is 26.8 Å². The van der Waals surface area contributed by atoms with Crippen molar-refractivity contribution in [2.75, 3.05) is 18.0 Å². The molecule has 0 atom stereocenters. The fourth-order valence-corrected chi connectivity index (χ4v) is 6.48. The zero-order chi connectivity index (χ0) is 26.9. The predicted octanol–water partition coefficient (Wildman–Crippen LogP) is 4.39. The van der Waals surface area contributed by atoms with Gasteiger partial charge in [-0.25, -0.2) is 18.0 Å². The second-order valence-electron chi connectivity index (χ2n) is 9.14. The summed E-state index contributed by atoms with van der Waals surface area (Å²) in [4.78, 5) is 28.5. The maximum atomic E-state index is 12.9. The molecule has 2 aromatic carbocycles. The molecule has 2 aromatic heterocycles. The molecule has 1 fully saturated rings. The van der Waals surface area contributed by atoms with Crippen LogP contribution in [0.3, 0.4) is 0 Å². The predicted molar refractivity (Wildman–Crippen MR) is 139 cm³/mol. The third-order valence-corrected chi connectivity index (χ3v) is 8.64. The molecule has 198 valence electrons. The molecular formula is C27H27N3O7S. The lowest BCUT2D eigenvalue weighted by molar-refractivity contribution is 0.136. The number of anilines is 1. The van der Waals surface area contributed by atoms with Gasteiger partial charge in [-0.05, 0) is 51.0 Å². The fourth-order valence-electron chi connectivity index (χ4n) is 4.79. The van der Waals surface area contributed by atoms with Crippen LogP contribution in [-0.4, -0.2) is 42.9 Å². The second kappa shape index (κ2) is 10.4. The molecule has 38 heavy (non-hydrogen) atoms. The number of furan rings is 1. The number of sulfonamides is 1. The Labute approximate surface area is 219 Å². The summed E-state index contributed by atoms with van der Waals surface area (Å²) in [7, 11) is -3.60. The van der Waals surface area contributed by atoms with Crippen LogP contribution in [0.15, 0.2) is 79.4 Å².